The Bertz CT molecular complexity index is 479. The van der Waals surface area contributed by atoms with E-state index in [1.165, 1.54) is 19.6 Å². The normalized spacial score (nSPS) is 38.7. The maximum atomic E-state index is 12.0. The topological polar surface area (TPSA) is 72.9 Å². The van der Waals surface area contributed by atoms with Crippen LogP contribution in [0.3, 0.4) is 0 Å². The van der Waals surface area contributed by atoms with E-state index in [0.717, 1.165) is 4.90 Å². The average molecular weight is 294 g/mol. The number of hydrogen-bond donors (Lipinski definition) is 0. The van der Waals surface area contributed by atoms with E-state index in [9.17, 15) is 13.8 Å². The molecule has 2 aliphatic heterocycles. The Morgan fingerprint density at radius 1 is 1.56 bits per heavy atom. The minimum atomic E-state index is -1.66. The van der Waals surface area contributed by atoms with Gasteiger partial charge in [0, 0.05) is 12.5 Å². The number of hydrogen-bond acceptors (Lipinski definition) is 5. The number of fused-ring (bicyclic) bond motifs is 1. The van der Waals surface area contributed by atoms with Crippen LogP contribution in [-0.2, 0) is 29.9 Å². The molecule has 0 spiro atoms. The van der Waals surface area contributed by atoms with Crippen molar-refractivity contribution < 1.29 is 23.3 Å². The number of nitrogens with zero attached hydrogens (tertiary/aromatic N) is 1. The van der Waals surface area contributed by atoms with Crippen molar-refractivity contribution in [3.05, 3.63) is 11.0 Å². The molecule has 1 saturated heterocycles. The summed E-state index contributed by atoms with van der Waals surface area (Å²) in [5.41, 5.74) is -1.31. The van der Waals surface area contributed by atoms with Crippen LogP contribution in [0.15, 0.2) is 11.0 Å². The summed E-state index contributed by atoms with van der Waals surface area (Å²) in [5.74, 6) is -1.23. The highest BCUT2D eigenvalue weighted by atomic mass is 35.5. The molecule has 0 aromatic heterocycles. The molecule has 0 saturated carbocycles. The zero-order valence-corrected chi connectivity index (χ0v) is 11.6. The number of amides is 1. The number of ether oxygens (including phenoxy) is 2. The lowest BCUT2D eigenvalue weighted by Gasteiger charge is -2.54. The fourth-order valence-electron chi connectivity index (χ4n) is 2.24. The quantitative estimate of drug-likeness (QED) is 0.405. The van der Waals surface area contributed by atoms with Crippen LogP contribution in [0.4, 0.5) is 0 Å². The number of halogens is 1. The molecule has 0 aromatic rings. The van der Waals surface area contributed by atoms with Gasteiger partial charge in [-0.15, -0.1) is 11.6 Å². The molecule has 2 aliphatic rings. The SMILES string of the molecule is COC(=O)[C@]1(OC)C(C)=C[S@](=O)[C@@H]2[C@@H](Cl)C(=O)N21. The zero-order chi connectivity index (χ0) is 13.7. The van der Waals surface area contributed by atoms with Gasteiger partial charge in [-0.1, -0.05) is 0 Å². The van der Waals surface area contributed by atoms with Crippen LogP contribution in [0.5, 0.6) is 0 Å². The molecule has 2 heterocycles. The minimum absolute atomic E-state index is 0.350. The Hall–Kier alpha value is -0.920. The molecule has 0 N–H and O–H groups in total. The largest absolute Gasteiger partial charge is 0.465 e. The lowest BCUT2D eigenvalue weighted by atomic mass is 9.98. The van der Waals surface area contributed by atoms with Crippen molar-refractivity contribution in [2.75, 3.05) is 14.2 Å². The molecule has 0 unspecified atom stereocenters. The number of rotatable bonds is 2. The van der Waals surface area contributed by atoms with Crippen LogP contribution in [0.1, 0.15) is 6.92 Å². The van der Waals surface area contributed by atoms with Gasteiger partial charge in [0.05, 0.1) is 17.9 Å². The summed E-state index contributed by atoms with van der Waals surface area (Å²) in [7, 11) is 1.03. The first kappa shape index (κ1) is 13.5. The van der Waals surface area contributed by atoms with Gasteiger partial charge in [-0.3, -0.25) is 13.9 Å². The van der Waals surface area contributed by atoms with Crippen LogP contribution in [-0.4, -0.2) is 51.7 Å². The lowest BCUT2D eigenvalue weighted by molar-refractivity contribution is -0.200. The van der Waals surface area contributed by atoms with Gasteiger partial charge in [0.2, 0.25) is 5.91 Å². The van der Waals surface area contributed by atoms with Crippen LogP contribution in [0.25, 0.3) is 0 Å². The Labute approximate surface area is 111 Å². The summed E-state index contributed by atoms with van der Waals surface area (Å²) in [6, 6.07) is 0. The Balaban J connectivity index is 2.57. The van der Waals surface area contributed by atoms with Crippen LogP contribution in [0, 0.1) is 0 Å². The monoisotopic (exact) mass is 293 g/mol. The summed E-state index contributed by atoms with van der Waals surface area (Å²) < 4.78 is 21.8. The van der Waals surface area contributed by atoms with Crippen LogP contribution in [0.2, 0.25) is 0 Å². The molecule has 0 bridgehead atoms. The Morgan fingerprint density at radius 3 is 2.67 bits per heavy atom. The molecule has 1 fully saturated rings. The number of carbonyl (C=O) groups is 2. The van der Waals surface area contributed by atoms with Crippen molar-refractivity contribution >= 4 is 34.3 Å². The van der Waals surface area contributed by atoms with Gasteiger partial charge in [0.25, 0.3) is 5.72 Å². The summed E-state index contributed by atoms with van der Waals surface area (Å²) in [5, 5.41) is -0.292. The molecule has 0 aliphatic carbocycles. The van der Waals surface area contributed by atoms with Gasteiger partial charge >= 0.3 is 5.97 Å². The summed E-state index contributed by atoms with van der Waals surface area (Å²) in [6.45, 7) is 1.56. The smallest absolute Gasteiger partial charge is 0.364 e. The van der Waals surface area contributed by atoms with Crippen molar-refractivity contribution in [2.45, 2.75) is 23.4 Å². The standard InChI is InChI=1S/C10H12ClNO5S/c1-5-4-18(15)8-6(11)7(13)12(8)10(5,17-3)9(14)16-2/h4,6,8H,1-3H3/t6-,8+,10+,18-/m0/s1. The Kier molecular flexibility index (Phi) is 3.25. The van der Waals surface area contributed by atoms with Crippen LogP contribution >= 0.6 is 11.6 Å². The lowest BCUT2D eigenvalue weighted by Crippen LogP contribution is -2.76. The highest BCUT2D eigenvalue weighted by Crippen LogP contribution is 2.43. The van der Waals surface area contributed by atoms with Gasteiger partial charge in [-0.2, -0.15) is 0 Å². The maximum absolute atomic E-state index is 12.0. The number of esters is 1. The second-order valence-electron chi connectivity index (χ2n) is 3.97. The predicted molar refractivity (Wildman–Crippen MR) is 63.9 cm³/mol. The van der Waals surface area contributed by atoms with E-state index in [0.29, 0.717) is 5.57 Å². The highest BCUT2D eigenvalue weighted by molar-refractivity contribution is 7.89. The van der Waals surface area contributed by atoms with E-state index >= 15 is 0 Å². The van der Waals surface area contributed by atoms with Crippen molar-refractivity contribution in [2.24, 2.45) is 0 Å². The third-order valence-corrected chi connectivity index (χ3v) is 5.26. The third-order valence-electron chi connectivity index (χ3n) is 3.14. The molecular weight excluding hydrogens is 282 g/mol. The minimum Gasteiger partial charge on any atom is -0.465 e. The molecular formula is C10H12ClNO5S. The fraction of sp³-hybridized carbons (Fsp3) is 0.600. The molecule has 0 radical (unpaired) electrons. The first-order chi connectivity index (χ1) is 8.41. The van der Waals surface area contributed by atoms with Gasteiger partial charge < -0.3 is 9.47 Å². The average Bonchev–Trinajstić information content (AvgIpc) is 2.36. The van der Waals surface area contributed by atoms with E-state index < -0.39 is 39.2 Å². The molecule has 2 rings (SSSR count). The van der Waals surface area contributed by atoms with E-state index in [1.807, 2.05) is 0 Å². The van der Waals surface area contributed by atoms with Gasteiger partial charge in [0.1, 0.15) is 10.8 Å². The number of β-lactam (4-membered cyclic amide) rings is 1. The molecule has 18 heavy (non-hydrogen) atoms. The second kappa shape index (κ2) is 4.32. The molecule has 0 aromatic carbocycles. The first-order valence-corrected chi connectivity index (χ1v) is 6.82. The van der Waals surface area contributed by atoms with E-state index in [1.54, 1.807) is 6.92 Å². The van der Waals surface area contributed by atoms with E-state index in [4.69, 9.17) is 16.3 Å². The molecule has 100 valence electrons. The number of carbonyl (C=O) groups excluding carboxylic acids is 2. The van der Waals surface area contributed by atoms with Crippen molar-refractivity contribution in [1.29, 1.82) is 0 Å². The number of methoxy groups -OCH3 is 2. The summed E-state index contributed by atoms with van der Waals surface area (Å²) >= 11 is 5.83. The van der Waals surface area contributed by atoms with Crippen LogP contribution < -0.4 is 0 Å². The Morgan fingerprint density at radius 2 is 2.17 bits per heavy atom. The maximum Gasteiger partial charge on any atom is 0.364 e. The molecule has 8 heteroatoms. The predicted octanol–water partition coefficient (Wildman–Crippen LogP) is -0.0561. The first-order valence-electron chi connectivity index (χ1n) is 5.11. The summed E-state index contributed by atoms with van der Waals surface area (Å²) in [4.78, 5) is 24.9. The van der Waals surface area contributed by atoms with Crippen molar-refractivity contribution in [3.63, 3.8) is 0 Å². The summed E-state index contributed by atoms with van der Waals surface area (Å²) in [6.07, 6.45) is 0. The van der Waals surface area contributed by atoms with Crippen molar-refractivity contribution in [1.82, 2.24) is 4.90 Å². The van der Waals surface area contributed by atoms with Gasteiger partial charge in [-0.25, -0.2) is 4.79 Å². The molecule has 4 atom stereocenters. The van der Waals surface area contributed by atoms with Crippen molar-refractivity contribution in [3.8, 4) is 0 Å². The molecule has 1 amide bonds. The van der Waals surface area contributed by atoms with E-state index in [-0.39, 0.29) is 0 Å². The second-order valence-corrected chi connectivity index (χ2v) is 5.82. The van der Waals surface area contributed by atoms with E-state index in [2.05, 4.69) is 4.74 Å². The van der Waals surface area contributed by atoms with Gasteiger partial charge in [0.15, 0.2) is 0 Å². The highest BCUT2D eigenvalue weighted by Gasteiger charge is 2.65. The third kappa shape index (κ3) is 1.41. The number of alkyl halides is 1. The van der Waals surface area contributed by atoms with Gasteiger partial charge in [-0.05, 0) is 12.5 Å². The fourth-order valence-corrected chi connectivity index (χ4v) is 4.22. The zero-order valence-electron chi connectivity index (χ0n) is 10.0. The molecule has 6 nitrogen and oxygen atoms in total.